The third-order valence-corrected chi connectivity index (χ3v) is 6.53. The number of hydrogen-bond donors (Lipinski definition) is 2. The molecule has 0 radical (unpaired) electrons. The molecule has 0 saturated heterocycles. The number of nitrogens with one attached hydrogen (secondary N) is 2. The highest BCUT2D eigenvalue weighted by molar-refractivity contribution is 5.80. The molecule has 9 heteroatoms. The van der Waals surface area contributed by atoms with Crippen molar-refractivity contribution in [3.63, 3.8) is 0 Å². The van der Waals surface area contributed by atoms with Crippen molar-refractivity contribution in [2.75, 3.05) is 0 Å². The minimum Gasteiger partial charge on any atom is -0.357 e. The standard InChI is InChI=1S/C29H31N7O2/c1-20(2)36-18-23(15-33-36)27-17-31-26(10-6-9-21-7-4-3-5-8-21)29(38)35(27)19-28(37)32-16-24-13-22-14-30-12-11-25(22)34-24/h3-5,7-8,11-15,17-18,20,34H,6,9-10,16,19H2,1-2H3,(H,32,37). The lowest BCUT2D eigenvalue weighted by Crippen LogP contribution is -2.34. The molecule has 0 aliphatic heterocycles. The van der Waals surface area contributed by atoms with E-state index in [1.165, 1.54) is 10.1 Å². The molecule has 5 rings (SSSR count). The highest BCUT2D eigenvalue weighted by Crippen LogP contribution is 2.19. The molecule has 5 aromatic rings. The van der Waals surface area contributed by atoms with Gasteiger partial charge >= 0.3 is 0 Å². The number of benzene rings is 1. The maximum atomic E-state index is 13.6. The van der Waals surface area contributed by atoms with Gasteiger partial charge in [0.25, 0.3) is 5.56 Å². The van der Waals surface area contributed by atoms with Gasteiger partial charge in [-0.05, 0) is 50.8 Å². The zero-order chi connectivity index (χ0) is 26.5. The molecular weight excluding hydrogens is 478 g/mol. The molecule has 0 saturated carbocycles. The molecular formula is C29H31N7O2. The molecule has 2 N–H and O–H groups in total. The lowest BCUT2D eigenvalue weighted by Gasteiger charge is -2.13. The molecule has 0 atom stereocenters. The van der Waals surface area contributed by atoms with Gasteiger partial charge in [-0.3, -0.25) is 28.8 Å². The van der Waals surface area contributed by atoms with Gasteiger partial charge in [-0.2, -0.15) is 5.10 Å². The zero-order valence-corrected chi connectivity index (χ0v) is 21.6. The fourth-order valence-electron chi connectivity index (χ4n) is 4.47. The Morgan fingerprint density at radius 3 is 2.68 bits per heavy atom. The second kappa shape index (κ2) is 11.2. The van der Waals surface area contributed by atoms with Gasteiger partial charge in [0.1, 0.15) is 12.2 Å². The van der Waals surface area contributed by atoms with Crippen molar-refractivity contribution < 1.29 is 4.79 Å². The van der Waals surface area contributed by atoms with E-state index in [2.05, 4.69) is 37.5 Å². The third-order valence-electron chi connectivity index (χ3n) is 6.53. The highest BCUT2D eigenvalue weighted by atomic mass is 16.2. The maximum absolute atomic E-state index is 13.6. The van der Waals surface area contributed by atoms with Crippen LogP contribution in [0.3, 0.4) is 0 Å². The predicted molar refractivity (Wildman–Crippen MR) is 147 cm³/mol. The normalized spacial score (nSPS) is 11.3. The lowest BCUT2D eigenvalue weighted by molar-refractivity contribution is -0.121. The molecule has 38 heavy (non-hydrogen) atoms. The van der Waals surface area contributed by atoms with E-state index >= 15 is 0 Å². The fourth-order valence-corrected chi connectivity index (χ4v) is 4.47. The summed E-state index contributed by atoms with van der Waals surface area (Å²) in [6.07, 6.45) is 10.9. The number of pyridine rings is 1. The van der Waals surface area contributed by atoms with Crippen LogP contribution in [0.25, 0.3) is 22.2 Å². The first-order valence-electron chi connectivity index (χ1n) is 12.8. The molecule has 0 fully saturated rings. The van der Waals surface area contributed by atoms with E-state index in [0.717, 1.165) is 35.0 Å². The Bertz CT molecular complexity index is 1570. The number of H-pyrrole nitrogens is 1. The van der Waals surface area contributed by atoms with Crippen molar-refractivity contribution in [1.29, 1.82) is 0 Å². The van der Waals surface area contributed by atoms with Gasteiger partial charge in [0, 0.05) is 46.8 Å². The average Bonchev–Trinajstić information content (AvgIpc) is 3.58. The maximum Gasteiger partial charge on any atom is 0.273 e. The van der Waals surface area contributed by atoms with Crippen LogP contribution in [0, 0.1) is 0 Å². The zero-order valence-electron chi connectivity index (χ0n) is 21.6. The molecule has 1 aromatic carbocycles. The molecule has 194 valence electrons. The van der Waals surface area contributed by atoms with Crippen LogP contribution in [0.4, 0.5) is 0 Å². The van der Waals surface area contributed by atoms with Gasteiger partial charge in [0.05, 0.1) is 24.6 Å². The van der Waals surface area contributed by atoms with E-state index < -0.39 is 0 Å². The molecule has 1 amide bonds. The van der Waals surface area contributed by atoms with Gasteiger partial charge in [-0.25, -0.2) is 0 Å². The monoisotopic (exact) mass is 509 g/mol. The number of aromatic amines is 1. The summed E-state index contributed by atoms with van der Waals surface area (Å²) in [7, 11) is 0. The number of aromatic nitrogens is 6. The number of carbonyl (C=O) groups is 1. The van der Waals surface area contributed by atoms with Gasteiger partial charge in [0.15, 0.2) is 0 Å². The average molecular weight is 510 g/mol. The third kappa shape index (κ3) is 5.72. The predicted octanol–water partition coefficient (Wildman–Crippen LogP) is 4.06. The molecule has 0 spiro atoms. The van der Waals surface area contributed by atoms with Gasteiger partial charge in [-0.15, -0.1) is 0 Å². The smallest absolute Gasteiger partial charge is 0.273 e. The number of aryl methyl sites for hydroxylation is 2. The van der Waals surface area contributed by atoms with Crippen LogP contribution >= 0.6 is 0 Å². The first kappa shape index (κ1) is 25.1. The molecule has 9 nitrogen and oxygen atoms in total. The Labute approximate surface area is 220 Å². The van der Waals surface area contributed by atoms with Crippen molar-refractivity contribution >= 4 is 16.8 Å². The number of fused-ring (bicyclic) bond motifs is 1. The summed E-state index contributed by atoms with van der Waals surface area (Å²) in [6, 6.07) is 14.2. The second-order valence-corrected chi connectivity index (χ2v) is 9.66. The minimum atomic E-state index is -0.261. The summed E-state index contributed by atoms with van der Waals surface area (Å²) >= 11 is 0. The quantitative estimate of drug-likeness (QED) is 0.295. The first-order chi connectivity index (χ1) is 18.5. The van der Waals surface area contributed by atoms with E-state index in [1.54, 1.807) is 24.8 Å². The summed E-state index contributed by atoms with van der Waals surface area (Å²) in [5, 5.41) is 8.32. The number of carbonyl (C=O) groups excluding carboxylic acids is 1. The van der Waals surface area contributed by atoms with Gasteiger partial charge < -0.3 is 10.3 Å². The number of hydrogen-bond acceptors (Lipinski definition) is 5. The Morgan fingerprint density at radius 2 is 1.92 bits per heavy atom. The molecule has 4 heterocycles. The van der Waals surface area contributed by atoms with Crippen molar-refractivity contribution in [3.8, 4) is 11.3 Å². The van der Waals surface area contributed by atoms with Crippen LogP contribution < -0.4 is 10.9 Å². The van der Waals surface area contributed by atoms with E-state index in [1.807, 2.05) is 55.1 Å². The molecule has 0 aliphatic rings. The van der Waals surface area contributed by atoms with E-state index in [-0.39, 0.29) is 24.1 Å². The van der Waals surface area contributed by atoms with Crippen molar-refractivity contribution in [2.45, 2.75) is 52.2 Å². The van der Waals surface area contributed by atoms with Crippen LogP contribution in [0.2, 0.25) is 0 Å². The minimum absolute atomic E-state index is 0.114. The van der Waals surface area contributed by atoms with Crippen LogP contribution in [-0.4, -0.2) is 35.2 Å². The highest BCUT2D eigenvalue weighted by Gasteiger charge is 2.17. The van der Waals surface area contributed by atoms with Crippen molar-refractivity contribution in [3.05, 3.63) is 101 Å². The Kier molecular flexibility index (Phi) is 7.44. The molecule has 4 aromatic heterocycles. The topological polar surface area (TPSA) is 110 Å². The summed E-state index contributed by atoms with van der Waals surface area (Å²) in [5.74, 6) is -0.261. The Morgan fingerprint density at radius 1 is 1.08 bits per heavy atom. The Hall–Kier alpha value is -4.53. The largest absolute Gasteiger partial charge is 0.357 e. The van der Waals surface area contributed by atoms with E-state index in [9.17, 15) is 9.59 Å². The van der Waals surface area contributed by atoms with Crippen molar-refractivity contribution in [1.82, 2.24) is 34.6 Å². The van der Waals surface area contributed by atoms with E-state index in [4.69, 9.17) is 0 Å². The summed E-state index contributed by atoms with van der Waals surface area (Å²) < 4.78 is 3.33. The number of rotatable bonds is 10. The van der Waals surface area contributed by atoms with Crippen LogP contribution in [0.5, 0.6) is 0 Å². The fraction of sp³-hybridized carbons (Fsp3) is 0.276. The SMILES string of the molecule is CC(C)n1cc(-c2cnc(CCCc3ccccc3)c(=O)n2CC(=O)NCc2cc3cnccc3[nH]2)cn1. The van der Waals surface area contributed by atoms with Crippen LogP contribution in [-0.2, 0) is 30.7 Å². The second-order valence-electron chi connectivity index (χ2n) is 9.66. The summed E-state index contributed by atoms with van der Waals surface area (Å²) in [6.45, 7) is 4.27. The number of amides is 1. The van der Waals surface area contributed by atoms with Gasteiger partial charge in [-0.1, -0.05) is 30.3 Å². The molecule has 0 bridgehead atoms. The van der Waals surface area contributed by atoms with Gasteiger partial charge in [0.2, 0.25) is 5.91 Å². The number of nitrogens with zero attached hydrogens (tertiary/aromatic N) is 5. The van der Waals surface area contributed by atoms with Crippen LogP contribution in [0.1, 0.15) is 43.3 Å². The first-order valence-corrected chi connectivity index (χ1v) is 12.8. The van der Waals surface area contributed by atoms with Crippen LogP contribution in [0.15, 0.2) is 78.2 Å². The van der Waals surface area contributed by atoms with E-state index in [0.29, 0.717) is 24.4 Å². The molecule has 0 aliphatic carbocycles. The lowest BCUT2D eigenvalue weighted by atomic mass is 10.1. The summed E-state index contributed by atoms with van der Waals surface area (Å²) in [5.41, 5.74) is 4.56. The van der Waals surface area contributed by atoms with Crippen molar-refractivity contribution in [2.24, 2.45) is 0 Å². The summed E-state index contributed by atoms with van der Waals surface area (Å²) in [4.78, 5) is 38.5. The Balaban J connectivity index is 1.35. The molecule has 0 unspecified atom stereocenters.